The molecule has 3 heterocycles. The molecule has 92 valence electrons. The number of nitrogens with zero attached hydrogens (tertiary/aromatic N) is 1. The van der Waals surface area contributed by atoms with E-state index in [1.165, 1.54) is 11.3 Å². The van der Waals surface area contributed by atoms with Gasteiger partial charge in [0.2, 0.25) is 0 Å². The van der Waals surface area contributed by atoms with Gasteiger partial charge in [-0.2, -0.15) is 0 Å². The first-order valence-electron chi connectivity index (χ1n) is 5.51. The molecule has 2 unspecified atom stereocenters. The Balaban J connectivity index is 1.68. The minimum Gasteiger partial charge on any atom is -0.369 e. The quantitative estimate of drug-likeness (QED) is 0.770. The van der Waals surface area contributed by atoms with Crippen LogP contribution >= 0.6 is 22.9 Å². The molecule has 0 aromatic carbocycles. The van der Waals surface area contributed by atoms with E-state index in [0.717, 1.165) is 9.21 Å². The third kappa shape index (κ3) is 2.47. The molecule has 4 nitrogen and oxygen atoms in total. The second kappa shape index (κ2) is 4.57. The molecule has 17 heavy (non-hydrogen) atoms. The van der Waals surface area contributed by atoms with Crippen molar-refractivity contribution in [3.63, 3.8) is 0 Å². The summed E-state index contributed by atoms with van der Waals surface area (Å²) in [6.45, 7) is 2.37. The Labute approximate surface area is 108 Å². The fraction of sp³-hybridized carbons (Fsp3) is 0.545. The molecule has 3 rings (SSSR count). The van der Waals surface area contributed by atoms with Crippen LogP contribution in [-0.2, 0) is 14.3 Å². The lowest BCUT2D eigenvalue weighted by molar-refractivity contribution is -0.140. The number of carbonyl (C=O) groups is 1. The number of amides is 1. The minimum absolute atomic E-state index is 0.0519. The van der Waals surface area contributed by atoms with Gasteiger partial charge in [-0.15, -0.1) is 11.3 Å². The van der Waals surface area contributed by atoms with Gasteiger partial charge in [0.25, 0.3) is 5.91 Å². The predicted octanol–water partition coefficient (Wildman–Crippen LogP) is 1.70. The molecule has 1 aromatic heterocycles. The molecule has 2 atom stereocenters. The number of morpholine rings is 1. The van der Waals surface area contributed by atoms with Crippen molar-refractivity contribution in [2.75, 3.05) is 26.3 Å². The first kappa shape index (κ1) is 11.5. The highest BCUT2D eigenvalue weighted by Gasteiger charge is 2.37. The number of thiophene rings is 1. The normalized spacial score (nSPS) is 28.2. The second-order valence-corrected chi connectivity index (χ2v) is 5.85. The Morgan fingerprint density at radius 1 is 1.47 bits per heavy atom. The van der Waals surface area contributed by atoms with Crippen molar-refractivity contribution < 1.29 is 14.3 Å². The molecule has 2 aliphatic rings. The van der Waals surface area contributed by atoms with Crippen LogP contribution in [-0.4, -0.2) is 43.2 Å². The van der Waals surface area contributed by atoms with Crippen LogP contribution in [0, 0.1) is 0 Å². The molecule has 2 saturated heterocycles. The lowest BCUT2D eigenvalue weighted by Gasteiger charge is -2.32. The third-order valence-corrected chi connectivity index (χ3v) is 4.22. The monoisotopic (exact) mass is 273 g/mol. The third-order valence-electron chi connectivity index (χ3n) is 2.90. The summed E-state index contributed by atoms with van der Waals surface area (Å²) in [7, 11) is 0. The Kier molecular flexibility index (Phi) is 3.08. The predicted molar refractivity (Wildman–Crippen MR) is 64.3 cm³/mol. The summed E-state index contributed by atoms with van der Waals surface area (Å²) in [6, 6.07) is 3.81. The van der Waals surface area contributed by atoms with Gasteiger partial charge >= 0.3 is 0 Å². The smallest absolute Gasteiger partial charge is 0.254 e. The van der Waals surface area contributed by atoms with E-state index in [4.69, 9.17) is 21.1 Å². The molecule has 0 N–H and O–H groups in total. The Hall–Kier alpha value is -0.620. The number of ether oxygens (including phenoxy) is 2. The van der Waals surface area contributed by atoms with Gasteiger partial charge in [-0.25, -0.2) is 0 Å². The highest BCUT2D eigenvalue weighted by molar-refractivity contribution is 7.16. The zero-order valence-electron chi connectivity index (χ0n) is 9.10. The van der Waals surface area contributed by atoms with Crippen molar-refractivity contribution in [1.29, 1.82) is 0 Å². The van der Waals surface area contributed by atoms with Gasteiger partial charge in [-0.05, 0) is 12.1 Å². The number of rotatable bonds is 2. The summed E-state index contributed by atoms with van der Waals surface area (Å²) in [5.74, 6) is 0.0842. The van der Waals surface area contributed by atoms with Gasteiger partial charge in [-0.3, -0.25) is 4.79 Å². The standard InChI is InChI=1S/C11H12ClNO3S/c12-10-2-1-9(17-10)7-5-13(3-4-15-7)11(14)8-6-16-8/h1-2,7-8H,3-6H2. The van der Waals surface area contributed by atoms with Crippen LogP contribution < -0.4 is 0 Å². The SMILES string of the molecule is O=C(C1CO1)N1CCOC(c2ccc(Cl)s2)C1. The summed E-state index contributed by atoms with van der Waals surface area (Å²) < 4.78 is 11.4. The maximum atomic E-state index is 11.9. The van der Waals surface area contributed by atoms with Crippen LogP contribution in [0.4, 0.5) is 0 Å². The highest BCUT2D eigenvalue weighted by Crippen LogP contribution is 2.31. The van der Waals surface area contributed by atoms with Gasteiger partial charge in [0.15, 0.2) is 6.10 Å². The first-order valence-corrected chi connectivity index (χ1v) is 6.71. The number of hydrogen-bond acceptors (Lipinski definition) is 4. The van der Waals surface area contributed by atoms with Gasteiger partial charge in [0.1, 0.15) is 6.10 Å². The number of hydrogen-bond donors (Lipinski definition) is 0. The van der Waals surface area contributed by atoms with Crippen molar-refractivity contribution in [2.24, 2.45) is 0 Å². The van der Waals surface area contributed by atoms with Crippen molar-refractivity contribution in [2.45, 2.75) is 12.2 Å². The van der Waals surface area contributed by atoms with Crippen LogP contribution in [0.1, 0.15) is 11.0 Å². The molecular formula is C11H12ClNO3S. The zero-order chi connectivity index (χ0) is 11.8. The molecule has 0 aliphatic carbocycles. The number of halogens is 1. The number of epoxide rings is 1. The fourth-order valence-electron chi connectivity index (χ4n) is 1.92. The van der Waals surface area contributed by atoms with Crippen LogP contribution in [0.15, 0.2) is 12.1 Å². The second-order valence-electron chi connectivity index (χ2n) is 4.11. The Morgan fingerprint density at radius 3 is 2.94 bits per heavy atom. The molecule has 0 bridgehead atoms. The van der Waals surface area contributed by atoms with Crippen molar-refractivity contribution in [1.82, 2.24) is 4.90 Å². The van der Waals surface area contributed by atoms with E-state index in [1.54, 1.807) is 0 Å². The molecule has 1 amide bonds. The Morgan fingerprint density at radius 2 is 2.29 bits per heavy atom. The molecule has 0 radical (unpaired) electrons. The van der Waals surface area contributed by atoms with Crippen LogP contribution in [0.25, 0.3) is 0 Å². The lowest BCUT2D eigenvalue weighted by atomic mass is 10.2. The summed E-state index contributed by atoms with van der Waals surface area (Å²) in [5.41, 5.74) is 0. The van der Waals surface area contributed by atoms with Crippen molar-refractivity contribution in [3.05, 3.63) is 21.3 Å². The van der Waals surface area contributed by atoms with Gasteiger partial charge in [-0.1, -0.05) is 11.6 Å². The molecule has 1 aromatic rings. The highest BCUT2D eigenvalue weighted by atomic mass is 35.5. The molecule has 0 spiro atoms. The van der Waals surface area contributed by atoms with E-state index in [2.05, 4.69) is 0 Å². The van der Waals surface area contributed by atoms with E-state index in [9.17, 15) is 4.79 Å². The molecule has 6 heteroatoms. The fourth-order valence-corrected chi connectivity index (χ4v) is 3.02. The zero-order valence-corrected chi connectivity index (χ0v) is 10.7. The summed E-state index contributed by atoms with van der Waals surface area (Å²) in [5, 5.41) is 0. The van der Waals surface area contributed by atoms with Crippen LogP contribution in [0.2, 0.25) is 4.34 Å². The first-order chi connectivity index (χ1) is 8.24. The average Bonchev–Trinajstić information content (AvgIpc) is 3.11. The van der Waals surface area contributed by atoms with Crippen molar-refractivity contribution in [3.8, 4) is 0 Å². The van der Waals surface area contributed by atoms with E-state index < -0.39 is 0 Å². The summed E-state index contributed by atoms with van der Waals surface area (Å²) in [4.78, 5) is 14.8. The van der Waals surface area contributed by atoms with Gasteiger partial charge in [0, 0.05) is 11.4 Å². The molecule has 2 aliphatic heterocycles. The maximum absolute atomic E-state index is 11.9. The van der Waals surface area contributed by atoms with Crippen molar-refractivity contribution >= 4 is 28.8 Å². The molecular weight excluding hydrogens is 262 g/mol. The van der Waals surface area contributed by atoms with E-state index in [1.807, 2.05) is 17.0 Å². The van der Waals surface area contributed by atoms with Crippen LogP contribution in [0.5, 0.6) is 0 Å². The van der Waals surface area contributed by atoms with E-state index >= 15 is 0 Å². The number of carbonyl (C=O) groups excluding carboxylic acids is 1. The van der Waals surface area contributed by atoms with Crippen LogP contribution in [0.3, 0.4) is 0 Å². The largest absolute Gasteiger partial charge is 0.369 e. The summed E-state index contributed by atoms with van der Waals surface area (Å²) >= 11 is 7.40. The van der Waals surface area contributed by atoms with E-state index in [0.29, 0.717) is 26.3 Å². The molecule has 2 fully saturated rings. The lowest BCUT2D eigenvalue weighted by Crippen LogP contribution is -2.44. The minimum atomic E-state index is -0.208. The van der Waals surface area contributed by atoms with Gasteiger partial charge in [0.05, 0.1) is 24.1 Å². The summed E-state index contributed by atoms with van der Waals surface area (Å²) in [6.07, 6.45) is -0.260. The van der Waals surface area contributed by atoms with Gasteiger partial charge < -0.3 is 14.4 Å². The average molecular weight is 274 g/mol. The maximum Gasteiger partial charge on any atom is 0.254 e. The topological polar surface area (TPSA) is 42.1 Å². The molecule has 0 saturated carbocycles. The van der Waals surface area contributed by atoms with E-state index in [-0.39, 0.29) is 18.1 Å². The Bertz CT molecular complexity index is 432.